The molecular weight excluding hydrogens is 194 g/mol. The first-order valence-electron chi connectivity index (χ1n) is 4.03. The highest BCUT2D eigenvalue weighted by atomic mass is 32.2. The van der Waals surface area contributed by atoms with Crippen LogP contribution < -0.4 is 0 Å². The van der Waals surface area contributed by atoms with Gasteiger partial charge in [0.25, 0.3) is 0 Å². The maximum atomic E-state index is 10.5. The van der Waals surface area contributed by atoms with E-state index in [0.29, 0.717) is 13.2 Å². The molecule has 1 aliphatic heterocycles. The van der Waals surface area contributed by atoms with Crippen LogP contribution in [0.15, 0.2) is 0 Å². The van der Waals surface area contributed by atoms with E-state index < -0.39 is 17.1 Å². The third-order valence-corrected chi connectivity index (χ3v) is 2.44. The summed E-state index contributed by atoms with van der Waals surface area (Å²) < 4.78 is 32.9. The molecule has 1 heterocycles. The van der Waals surface area contributed by atoms with E-state index in [9.17, 15) is 8.76 Å². The van der Waals surface area contributed by atoms with Crippen LogP contribution in [-0.2, 0) is 20.7 Å². The van der Waals surface area contributed by atoms with Gasteiger partial charge in [0.2, 0.25) is 0 Å². The van der Waals surface area contributed by atoms with Gasteiger partial charge < -0.3 is 14.0 Å². The van der Waals surface area contributed by atoms with Crippen molar-refractivity contribution in [2.24, 2.45) is 0 Å². The fraction of sp³-hybridized carbons (Fsp3) is 1.00. The van der Waals surface area contributed by atoms with E-state index in [1.54, 1.807) is 13.8 Å². The summed E-state index contributed by atoms with van der Waals surface area (Å²) in [6.45, 7) is 4.39. The van der Waals surface area contributed by atoms with Gasteiger partial charge in [0, 0.05) is 17.8 Å². The topological polar surface area (TPSA) is 61.8 Å². The Labute approximate surface area is 80.4 Å². The molecule has 0 spiro atoms. The summed E-state index contributed by atoms with van der Waals surface area (Å²) in [6, 6.07) is 0. The average Bonchev–Trinajstić information content (AvgIpc) is 2.30. The Morgan fingerprint density at radius 2 is 2.31 bits per heavy atom. The Morgan fingerprint density at radius 1 is 1.69 bits per heavy atom. The molecule has 2 unspecified atom stereocenters. The molecule has 5 nitrogen and oxygen atoms in total. The summed E-state index contributed by atoms with van der Waals surface area (Å²) in [6.07, 6.45) is -0.169. The largest absolute Gasteiger partial charge is 0.760 e. The van der Waals surface area contributed by atoms with Crippen LogP contribution >= 0.6 is 0 Å². The first-order chi connectivity index (χ1) is 5.91. The van der Waals surface area contributed by atoms with Gasteiger partial charge in [-0.2, -0.15) is 0 Å². The minimum atomic E-state index is -2.18. The third-order valence-electron chi connectivity index (χ3n) is 1.78. The lowest BCUT2D eigenvalue weighted by molar-refractivity contribution is -0.138. The average molecular weight is 208 g/mol. The number of ether oxygens (including phenoxy) is 2. The van der Waals surface area contributed by atoms with E-state index in [4.69, 9.17) is 9.47 Å². The van der Waals surface area contributed by atoms with E-state index in [2.05, 4.69) is 0 Å². The molecule has 0 radical (unpaired) electrons. The van der Waals surface area contributed by atoms with Gasteiger partial charge in [-0.25, -0.2) is 4.31 Å². The maximum absolute atomic E-state index is 10.5. The monoisotopic (exact) mass is 208 g/mol. The van der Waals surface area contributed by atoms with Crippen LogP contribution in [0.25, 0.3) is 0 Å². The molecule has 0 saturated carbocycles. The van der Waals surface area contributed by atoms with Gasteiger partial charge >= 0.3 is 0 Å². The molecule has 0 aromatic heterocycles. The minimum absolute atomic E-state index is 0.169. The highest BCUT2D eigenvalue weighted by molar-refractivity contribution is 7.76. The van der Waals surface area contributed by atoms with Crippen molar-refractivity contribution in [1.29, 1.82) is 0 Å². The Hall–Kier alpha value is -0.0100. The second kappa shape index (κ2) is 4.02. The predicted octanol–water partition coefficient (Wildman–Crippen LogP) is -0.136. The summed E-state index contributed by atoms with van der Waals surface area (Å²) in [5, 5.41) is 0. The van der Waals surface area contributed by atoms with Crippen molar-refractivity contribution in [1.82, 2.24) is 4.31 Å². The third kappa shape index (κ3) is 3.32. The molecule has 1 aliphatic rings. The van der Waals surface area contributed by atoms with Crippen LogP contribution in [0.4, 0.5) is 0 Å². The Balaban J connectivity index is 2.36. The molecule has 6 heteroatoms. The standard InChI is InChI=1S/C7H15NO4S/c1-7(2)11-5-6(12-7)4-8(3)13(9)10/h6H,4-5H2,1-3H3,(H,9,10)/p-1. The highest BCUT2D eigenvalue weighted by Gasteiger charge is 2.33. The lowest BCUT2D eigenvalue weighted by Crippen LogP contribution is -2.33. The van der Waals surface area contributed by atoms with Crippen molar-refractivity contribution < 1.29 is 18.2 Å². The number of hydrogen-bond donors (Lipinski definition) is 0. The predicted molar refractivity (Wildman–Crippen MR) is 46.5 cm³/mol. The van der Waals surface area contributed by atoms with Gasteiger partial charge in [0.15, 0.2) is 5.79 Å². The zero-order valence-electron chi connectivity index (χ0n) is 7.98. The number of nitrogens with zero attached hydrogens (tertiary/aromatic N) is 1. The first kappa shape index (κ1) is 11.1. The summed E-state index contributed by atoms with van der Waals surface area (Å²) >= 11 is -2.18. The van der Waals surface area contributed by atoms with Crippen LogP contribution in [-0.4, -0.2) is 45.2 Å². The number of likely N-dealkylation sites (N-methyl/N-ethyl adjacent to an activating group) is 1. The van der Waals surface area contributed by atoms with Crippen LogP contribution in [0, 0.1) is 0 Å². The molecule has 0 amide bonds. The Bertz CT molecular complexity index is 209. The van der Waals surface area contributed by atoms with Crippen molar-refractivity contribution in [3.63, 3.8) is 0 Å². The second-order valence-electron chi connectivity index (χ2n) is 3.48. The zero-order chi connectivity index (χ0) is 10.1. The fourth-order valence-corrected chi connectivity index (χ4v) is 1.49. The lowest BCUT2D eigenvalue weighted by atomic mass is 10.4. The molecule has 13 heavy (non-hydrogen) atoms. The number of hydrogen-bond acceptors (Lipinski definition) is 4. The van der Waals surface area contributed by atoms with Crippen LogP contribution in [0.5, 0.6) is 0 Å². The van der Waals surface area contributed by atoms with Crippen molar-refractivity contribution in [3.8, 4) is 0 Å². The molecule has 0 aliphatic carbocycles. The van der Waals surface area contributed by atoms with Crippen molar-refractivity contribution in [2.45, 2.75) is 25.7 Å². The normalized spacial score (nSPS) is 29.5. The summed E-state index contributed by atoms with van der Waals surface area (Å²) in [7, 11) is 1.50. The Kier molecular flexibility index (Phi) is 3.42. The van der Waals surface area contributed by atoms with Gasteiger partial charge in [-0.05, 0) is 20.9 Å². The van der Waals surface area contributed by atoms with Gasteiger partial charge in [-0.1, -0.05) is 0 Å². The van der Waals surface area contributed by atoms with E-state index in [1.807, 2.05) is 0 Å². The molecule has 78 valence electrons. The molecule has 0 bridgehead atoms. The molecule has 0 aromatic carbocycles. The SMILES string of the molecule is CN(CC1COC(C)(C)O1)S(=O)[O-]. The second-order valence-corrected chi connectivity index (χ2v) is 4.54. The fourth-order valence-electron chi connectivity index (χ4n) is 1.20. The van der Waals surface area contributed by atoms with E-state index in [0.717, 1.165) is 0 Å². The van der Waals surface area contributed by atoms with Crippen LogP contribution in [0.3, 0.4) is 0 Å². The molecule has 1 saturated heterocycles. The highest BCUT2D eigenvalue weighted by Crippen LogP contribution is 2.22. The molecule has 2 atom stereocenters. The Morgan fingerprint density at radius 3 is 2.69 bits per heavy atom. The van der Waals surface area contributed by atoms with Crippen LogP contribution in [0.2, 0.25) is 0 Å². The van der Waals surface area contributed by atoms with Gasteiger partial charge in [-0.3, -0.25) is 4.21 Å². The molecule has 0 aromatic rings. The molecule has 0 N–H and O–H groups in total. The van der Waals surface area contributed by atoms with E-state index >= 15 is 0 Å². The van der Waals surface area contributed by atoms with Gasteiger partial charge in [0.05, 0.1) is 12.7 Å². The van der Waals surface area contributed by atoms with Gasteiger partial charge in [0.1, 0.15) is 0 Å². The van der Waals surface area contributed by atoms with E-state index in [1.165, 1.54) is 11.4 Å². The quantitative estimate of drug-likeness (QED) is 0.606. The summed E-state index contributed by atoms with van der Waals surface area (Å²) in [5.74, 6) is -0.587. The first-order valence-corrected chi connectivity index (χ1v) is 5.06. The summed E-state index contributed by atoms with van der Waals surface area (Å²) in [5.41, 5.74) is 0. The van der Waals surface area contributed by atoms with Crippen LogP contribution in [0.1, 0.15) is 13.8 Å². The van der Waals surface area contributed by atoms with Crippen molar-refractivity contribution in [3.05, 3.63) is 0 Å². The summed E-state index contributed by atoms with van der Waals surface area (Å²) in [4.78, 5) is 0. The zero-order valence-corrected chi connectivity index (χ0v) is 8.80. The minimum Gasteiger partial charge on any atom is -0.760 e. The molecule has 1 rings (SSSR count). The maximum Gasteiger partial charge on any atom is 0.163 e. The molecular formula is C7H14NO4S-. The van der Waals surface area contributed by atoms with Crippen molar-refractivity contribution in [2.75, 3.05) is 20.2 Å². The number of rotatable bonds is 3. The molecule has 1 fully saturated rings. The van der Waals surface area contributed by atoms with Gasteiger partial charge in [-0.15, -0.1) is 0 Å². The van der Waals surface area contributed by atoms with Crippen molar-refractivity contribution >= 4 is 11.3 Å². The smallest absolute Gasteiger partial charge is 0.163 e. The lowest BCUT2D eigenvalue weighted by Gasteiger charge is -2.22. The van der Waals surface area contributed by atoms with E-state index in [-0.39, 0.29) is 6.10 Å².